The third-order valence-corrected chi connectivity index (χ3v) is 2.59. The Morgan fingerprint density at radius 2 is 2.06 bits per heavy atom. The number of hydrogen-bond acceptors (Lipinski definition) is 7. The molecule has 1 aliphatic rings. The maximum Gasteiger partial charge on any atom is 0.217 e. The average Bonchev–Trinajstić information content (AvgIpc) is 2.33. The number of carbonyl (C=O) groups is 1. The Balaban J connectivity index is 2.76. The van der Waals surface area contributed by atoms with E-state index in [9.17, 15) is 15.0 Å². The summed E-state index contributed by atoms with van der Waals surface area (Å²) in [4.78, 5) is 16.2. The molecule has 0 bridgehead atoms. The molecule has 1 aliphatic heterocycles. The predicted octanol–water partition coefficient (Wildman–Crippen LogP) is -2.53. The zero-order valence-corrected chi connectivity index (χ0v) is 10.4. The fraction of sp³-hybridized carbons (Fsp3) is 0.900. The van der Waals surface area contributed by atoms with Gasteiger partial charge in [0.1, 0.15) is 24.4 Å². The van der Waals surface area contributed by atoms with Gasteiger partial charge in [0.2, 0.25) is 12.2 Å². The summed E-state index contributed by atoms with van der Waals surface area (Å²) in [6.07, 6.45) is -4.55. The van der Waals surface area contributed by atoms with Crippen LogP contribution in [0.15, 0.2) is 0 Å². The molecule has 18 heavy (non-hydrogen) atoms. The first kappa shape index (κ1) is 15.3. The van der Waals surface area contributed by atoms with Crippen LogP contribution in [0.3, 0.4) is 0 Å². The van der Waals surface area contributed by atoms with Gasteiger partial charge in [0, 0.05) is 13.5 Å². The molecule has 106 valence electrons. The van der Waals surface area contributed by atoms with E-state index in [1.54, 1.807) is 6.92 Å². The van der Waals surface area contributed by atoms with Crippen LogP contribution in [-0.2, 0) is 14.4 Å². The SMILES string of the molecule is CCNO[C@H]1O[C@H](CO)[C@@H](O)[C@H](O)[C@H]1NC(C)=O. The van der Waals surface area contributed by atoms with Crippen LogP contribution in [0.5, 0.6) is 0 Å². The van der Waals surface area contributed by atoms with E-state index in [1.807, 2.05) is 0 Å². The fourth-order valence-electron chi connectivity index (χ4n) is 1.74. The van der Waals surface area contributed by atoms with Crippen LogP contribution in [0.4, 0.5) is 0 Å². The normalized spacial score (nSPS) is 36.4. The number of amides is 1. The molecule has 0 saturated carbocycles. The van der Waals surface area contributed by atoms with Gasteiger partial charge in [0.15, 0.2) is 0 Å². The zero-order chi connectivity index (χ0) is 13.7. The number of nitrogens with one attached hydrogen (secondary N) is 2. The van der Waals surface area contributed by atoms with Crippen molar-refractivity contribution in [1.82, 2.24) is 10.8 Å². The summed E-state index contributed by atoms with van der Waals surface area (Å²) < 4.78 is 5.27. The van der Waals surface area contributed by atoms with E-state index < -0.39 is 37.3 Å². The van der Waals surface area contributed by atoms with Crippen molar-refractivity contribution in [3.63, 3.8) is 0 Å². The van der Waals surface area contributed by atoms with Crippen LogP contribution in [-0.4, -0.2) is 65.0 Å². The van der Waals surface area contributed by atoms with Crippen LogP contribution in [0.25, 0.3) is 0 Å². The minimum Gasteiger partial charge on any atom is -0.394 e. The van der Waals surface area contributed by atoms with Gasteiger partial charge < -0.3 is 25.4 Å². The van der Waals surface area contributed by atoms with Crippen LogP contribution in [0.1, 0.15) is 13.8 Å². The Morgan fingerprint density at radius 3 is 2.56 bits per heavy atom. The summed E-state index contributed by atoms with van der Waals surface area (Å²) in [5.74, 6) is -0.387. The Kier molecular flexibility index (Phi) is 5.93. The van der Waals surface area contributed by atoms with E-state index >= 15 is 0 Å². The fourth-order valence-corrected chi connectivity index (χ4v) is 1.74. The molecular weight excluding hydrogens is 244 g/mol. The van der Waals surface area contributed by atoms with Crippen molar-refractivity contribution in [3.05, 3.63) is 0 Å². The third-order valence-electron chi connectivity index (χ3n) is 2.59. The van der Waals surface area contributed by atoms with Crippen molar-refractivity contribution in [3.8, 4) is 0 Å². The van der Waals surface area contributed by atoms with Crippen molar-refractivity contribution in [1.29, 1.82) is 0 Å². The quantitative estimate of drug-likeness (QED) is 0.347. The van der Waals surface area contributed by atoms with Crippen molar-refractivity contribution in [2.45, 2.75) is 44.5 Å². The summed E-state index contributed by atoms with van der Waals surface area (Å²) in [7, 11) is 0. The highest BCUT2D eigenvalue weighted by atomic mass is 16.8. The van der Waals surface area contributed by atoms with E-state index in [0.717, 1.165) is 0 Å². The van der Waals surface area contributed by atoms with E-state index in [-0.39, 0.29) is 5.91 Å². The number of rotatable bonds is 5. The van der Waals surface area contributed by atoms with Crippen molar-refractivity contribution < 1.29 is 29.7 Å². The van der Waals surface area contributed by atoms with Gasteiger partial charge in [-0.25, -0.2) is 0 Å². The number of hydrogen-bond donors (Lipinski definition) is 5. The molecule has 0 spiro atoms. The van der Waals surface area contributed by atoms with Gasteiger partial charge in [0.25, 0.3) is 0 Å². The minimum atomic E-state index is -1.30. The Labute approximate surface area is 105 Å². The van der Waals surface area contributed by atoms with Gasteiger partial charge in [-0.3, -0.25) is 9.63 Å². The molecule has 1 fully saturated rings. The number of ether oxygens (including phenoxy) is 1. The van der Waals surface area contributed by atoms with Crippen molar-refractivity contribution in [2.24, 2.45) is 0 Å². The van der Waals surface area contributed by atoms with E-state index in [2.05, 4.69) is 10.8 Å². The largest absolute Gasteiger partial charge is 0.394 e. The first-order chi connectivity index (χ1) is 8.51. The molecule has 8 heteroatoms. The molecule has 1 rings (SSSR count). The molecule has 1 amide bonds. The van der Waals surface area contributed by atoms with Crippen molar-refractivity contribution >= 4 is 5.91 Å². The molecule has 5 atom stereocenters. The summed E-state index contributed by atoms with van der Waals surface area (Å²) in [6, 6.07) is -0.917. The molecule has 0 unspecified atom stereocenters. The summed E-state index contributed by atoms with van der Waals surface area (Å²) in [5, 5.41) is 31.1. The van der Waals surface area contributed by atoms with Gasteiger partial charge >= 0.3 is 0 Å². The molecule has 1 saturated heterocycles. The monoisotopic (exact) mass is 264 g/mol. The molecule has 0 aromatic carbocycles. The maximum absolute atomic E-state index is 11.0. The lowest BCUT2D eigenvalue weighted by atomic mass is 9.97. The molecule has 8 nitrogen and oxygen atoms in total. The first-order valence-electron chi connectivity index (χ1n) is 5.79. The Morgan fingerprint density at radius 1 is 1.39 bits per heavy atom. The second-order valence-corrected chi connectivity index (χ2v) is 4.05. The first-order valence-corrected chi connectivity index (χ1v) is 5.79. The molecule has 5 N–H and O–H groups in total. The van der Waals surface area contributed by atoms with Crippen molar-refractivity contribution in [2.75, 3.05) is 13.2 Å². The highest BCUT2D eigenvalue weighted by Gasteiger charge is 2.45. The van der Waals surface area contributed by atoms with Crippen LogP contribution < -0.4 is 10.8 Å². The topological polar surface area (TPSA) is 120 Å². The number of aliphatic hydroxyl groups is 3. The highest BCUT2D eigenvalue weighted by molar-refractivity contribution is 5.73. The van der Waals surface area contributed by atoms with E-state index in [4.69, 9.17) is 14.7 Å². The van der Waals surface area contributed by atoms with Gasteiger partial charge in [-0.15, -0.1) is 0 Å². The second-order valence-electron chi connectivity index (χ2n) is 4.05. The number of carbonyl (C=O) groups excluding carboxylic acids is 1. The molecule has 0 aliphatic carbocycles. The summed E-state index contributed by atoms with van der Waals surface area (Å²) in [6.45, 7) is 3.11. The maximum atomic E-state index is 11.0. The lowest BCUT2D eigenvalue weighted by Crippen LogP contribution is -2.65. The molecule has 0 aromatic rings. The van der Waals surface area contributed by atoms with E-state index in [0.29, 0.717) is 6.54 Å². The summed E-state index contributed by atoms with van der Waals surface area (Å²) >= 11 is 0. The Bertz CT molecular complexity index is 277. The van der Waals surface area contributed by atoms with Crippen LogP contribution in [0, 0.1) is 0 Å². The van der Waals surface area contributed by atoms with Gasteiger partial charge in [-0.05, 0) is 0 Å². The van der Waals surface area contributed by atoms with Gasteiger partial charge in [-0.1, -0.05) is 6.92 Å². The number of aliphatic hydroxyl groups excluding tert-OH is 3. The molecule has 1 heterocycles. The third kappa shape index (κ3) is 3.61. The van der Waals surface area contributed by atoms with Gasteiger partial charge in [0.05, 0.1) is 6.61 Å². The highest BCUT2D eigenvalue weighted by Crippen LogP contribution is 2.21. The zero-order valence-electron chi connectivity index (χ0n) is 10.4. The predicted molar refractivity (Wildman–Crippen MR) is 60.1 cm³/mol. The lowest BCUT2D eigenvalue weighted by molar-refractivity contribution is -0.286. The molecule has 0 aromatic heterocycles. The smallest absolute Gasteiger partial charge is 0.217 e. The van der Waals surface area contributed by atoms with E-state index in [1.165, 1.54) is 6.92 Å². The average molecular weight is 264 g/mol. The Hall–Kier alpha value is -0.770. The minimum absolute atomic E-state index is 0.387. The lowest BCUT2D eigenvalue weighted by Gasteiger charge is -2.41. The van der Waals surface area contributed by atoms with Crippen LogP contribution in [0.2, 0.25) is 0 Å². The van der Waals surface area contributed by atoms with Crippen LogP contribution >= 0.6 is 0 Å². The molecular formula is C10H20N2O6. The number of hydroxylamine groups is 1. The summed E-state index contributed by atoms with van der Waals surface area (Å²) in [5.41, 5.74) is 2.55. The van der Waals surface area contributed by atoms with Gasteiger partial charge in [-0.2, -0.15) is 5.48 Å². The standard InChI is InChI=1S/C10H20N2O6/c1-3-11-18-10-7(12-5(2)14)9(16)8(15)6(4-13)17-10/h6-11,13,15-16H,3-4H2,1-2H3,(H,12,14)/t6-,7-,8-,9-,10-/m1/s1. The molecule has 0 radical (unpaired) electrons. The second kappa shape index (κ2) is 6.98.